The Balaban J connectivity index is 1.94. The number of hydrogen-bond donors (Lipinski definition) is 2. The molecule has 0 aromatic carbocycles. The third-order valence-electron chi connectivity index (χ3n) is 2.75. The molecule has 1 fully saturated rings. The van der Waals surface area contributed by atoms with Crippen molar-refractivity contribution in [1.82, 2.24) is 15.0 Å². The summed E-state index contributed by atoms with van der Waals surface area (Å²) in [4.78, 5) is 4.03. The van der Waals surface area contributed by atoms with Crippen molar-refractivity contribution < 1.29 is 8.42 Å². The quantitative estimate of drug-likeness (QED) is 0.809. The zero-order chi connectivity index (χ0) is 12.1. The molecule has 0 radical (unpaired) electrons. The molecule has 2 rings (SSSR count). The van der Waals surface area contributed by atoms with Gasteiger partial charge in [0.05, 0.1) is 5.69 Å². The molecule has 1 aromatic rings. The van der Waals surface area contributed by atoms with Crippen LogP contribution >= 0.6 is 0 Å². The molecule has 1 aliphatic heterocycles. The monoisotopic (exact) mass is 255 g/mol. The molecule has 2 N–H and O–H groups in total. The average molecular weight is 255 g/mol. The first-order valence-electron chi connectivity index (χ1n) is 5.76. The van der Waals surface area contributed by atoms with Crippen molar-refractivity contribution in [2.75, 3.05) is 13.1 Å². The summed E-state index contributed by atoms with van der Waals surface area (Å²) in [5.74, 6) is -0.0439. The Kier molecular flexibility index (Phi) is 4.09. The van der Waals surface area contributed by atoms with Crippen LogP contribution in [0.1, 0.15) is 18.5 Å². The van der Waals surface area contributed by atoms with E-state index in [4.69, 9.17) is 0 Å². The number of nitrogens with one attached hydrogen (secondary N) is 2. The zero-order valence-electron chi connectivity index (χ0n) is 9.59. The van der Waals surface area contributed by atoms with Gasteiger partial charge < -0.3 is 5.32 Å². The van der Waals surface area contributed by atoms with Crippen LogP contribution in [0.3, 0.4) is 0 Å². The smallest absolute Gasteiger partial charge is 0.217 e. The first kappa shape index (κ1) is 12.5. The van der Waals surface area contributed by atoms with Crippen molar-refractivity contribution in [3.05, 3.63) is 30.1 Å². The topological polar surface area (TPSA) is 71.1 Å². The summed E-state index contributed by atoms with van der Waals surface area (Å²) < 4.78 is 26.5. The molecule has 5 nitrogen and oxygen atoms in total. The summed E-state index contributed by atoms with van der Waals surface area (Å²) >= 11 is 0. The minimum absolute atomic E-state index is 0.0439. The highest BCUT2D eigenvalue weighted by atomic mass is 32.2. The van der Waals surface area contributed by atoms with Crippen LogP contribution in [0.15, 0.2) is 24.4 Å². The number of hydrogen-bond acceptors (Lipinski definition) is 4. The summed E-state index contributed by atoms with van der Waals surface area (Å²) in [7, 11) is -3.27. The van der Waals surface area contributed by atoms with Gasteiger partial charge in [0, 0.05) is 12.2 Å². The van der Waals surface area contributed by atoms with Gasteiger partial charge in [-0.2, -0.15) is 0 Å². The van der Waals surface area contributed by atoms with E-state index in [-0.39, 0.29) is 11.8 Å². The SMILES string of the molecule is O=S(=O)(Cc1ccccn1)NC1CCNCC1. The van der Waals surface area contributed by atoms with Gasteiger partial charge in [0.1, 0.15) is 5.75 Å². The number of sulfonamides is 1. The largest absolute Gasteiger partial charge is 0.317 e. The van der Waals surface area contributed by atoms with Crippen LogP contribution in [-0.4, -0.2) is 32.5 Å². The van der Waals surface area contributed by atoms with Crippen LogP contribution in [0.4, 0.5) is 0 Å². The van der Waals surface area contributed by atoms with Crippen LogP contribution in [0.5, 0.6) is 0 Å². The van der Waals surface area contributed by atoms with Crippen LogP contribution in [0.25, 0.3) is 0 Å². The maximum Gasteiger partial charge on any atom is 0.217 e. The van der Waals surface area contributed by atoms with Crippen LogP contribution < -0.4 is 10.0 Å². The molecular formula is C11H17N3O2S. The Morgan fingerprint density at radius 2 is 2.12 bits per heavy atom. The number of nitrogens with zero attached hydrogens (tertiary/aromatic N) is 1. The predicted molar refractivity (Wildman–Crippen MR) is 65.9 cm³/mol. The van der Waals surface area contributed by atoms with E-state index in [2.05, 4.69) is 15.0 Å². The average Bonchev–Trinajstić information content (AvgIpc) is 2.30. The molecule has 0 amide bonds. The molecule has 6 heteroatoms. The lowest BCUT2D eigenvalue weighted by molar-refractivity contribution is 0.427. The van der Waals surface area contributed by atoms with Gasteiger partial charge in [0.25, 0.3) is 0 Å². The van der Waals surface area contributed by atoms with Crippen molar-refractivity contribution in [3.63, 3.8) is 0 Å². The second-order valence-corrected chi connectivity index (χ2v) is 5.98. The van der Waals surface area contributed by atoms with E-state index in [9.17, 15) is 8.42 Å². The minimum Gasteiger partial charge on any atom is -0.317 e. The third-order valence-corrected chi connectivity index (χ3v) is 4.12. The van der Waals surface area contributed by atoms with Crippen molar-refractivity contribution >= 4 is 10.0 Å². The fourth-order valence-corrected chi connectivity index (χ4v) is 3.30. The normalized spacial score (nSPS) is 18.1. The first-order chi connectivity index (χ1) is 8.16. The van der Waals surface area contributed by atoms with E-state index in [0.717, 1.165) is 25.9 Å². The molecule has 0 spiro atoms. The highest BCUT2D eigenvalue weighted by Crippen LogP contribution is 2.07. The zero-order valence-corrected chi connectivity index (χ0v) is 10.4. The van der Waals surface area contributed by atoms with E-state index >= 15 is 0 Å². The molecular weight excluding hydrogens is 238 g/mol. The first-order valence-corrected chi connectivity index (χ1v) is 7.41. The molecule has 0 unspecified atom stereocenters. The number of aromatic nitrogens is 1. The Labute approximate surface area is 102 Å². The molecule has 1 aromatic heterocycles. The second-order valence-electron chi connectivity index (χ2n) is 4.22. The van der Waals surface area contributed by atoms with E-state index < -0.39 is 10.0 Å². The van der Waals surface area contributed by atoms with Crippen LogP contribution in [0.2, 0.25) is 0 Å². The van der Waals surface area contributed by atoms with E-state index in [1.54, 1.807) is 24.4 Å². The van der Waals surface area contributed by atoms with Crippen molar-refractivity contribution in [3.8, 4) is 0 Å². The molecule has 0 atom stereocenters. The van der Waals surface area contributed by atoms with Gasteiger partial charge in [-0.05, 0) is 38.1 Å². The number of piperidine rings is 1. The number of pyridine rings is 1. The van der Waals surface area contributed by atoms with Crippen LogP contribution in [0, 0.1) is 0 Å². The van der Waals surface area contributed by atoms with Gasteiger partial charge in [-0.15, -0.1) is 0 Å². The van der Waals surface area contributed by atoms with Crippen molar-refractivity contribution in [2.24, 2.45) is 0 Å². The lowest BCUT2D eigenvalue weighted by Gasteiger charge is -2.23. The maximum atomic E-state index is 11.9. The molecule has 0 aliphatic carbocycles. The van der Waals surface area contributed by atoms with Gasteiger partial charge in [-0.3, -0.25) is 4.98 Å². The summed E-state index contributed by atoms with van der Waals surface area (Å²) in [6.45, 7) is 1.74. The summed E-state index contributed by atoms with van der Waals surface area (Å²) in [5, 5.41) is 3.20. The fraction of sp³-hybridized carbons (Fsp3) is 0.545. The van der Waals surface area contributed by atoms with Crippen molar-refractivity contribution in [2.45, 2.75) is 24.6 Å². The standard InChI is InChI=1S/C11H17N3O2S/c15-17(16,9-11-3-1-2-6-13-11)14-10-4-7-12-8-5-10/h1-3,6,10,12,14H,4-5,7-9H2. The highest BCUT2D eigenvalue weighted by molar-refractivity contribution is 7.88. The van der Waals surface area contributed by atoms with E-state index in [1.165, 1.54) is 0 Å². The molecule has 0 saturated carbocycles. The summed E-state index contributed by atoms with van der Waals surface area (Å²) in [5.41, 5.74) is 0.578. The Morgan fingerprint density at radius 1 is 1.35 bits per heavy atom. The van der Waals surface area contributed by atoms with E-state index in [1.807, 2.05) is 0 Å². The van der Waals surface area contributed by atoms with Gasteiger partial charge >= 0.3 is 0 Å². The molecule has 0 bridgehead atoms. The van der Waals surface area contributed by atoms with Gasteiger partial charge in [-0.1, -0.05) is 6.07 Å². The predicted octanol–water partition coefficient (Wildman–Crippen LogP) is 0.253. The highest BCUT2D eigenvalue weighted by Gasteiger charge is 2.20. The third kappa shape index (κ3) is 4.07. The van der Waals surface area contributed by atoms with E-state index in [0.29, 0.717) is 5.69 Å². The molecule has 1 saturated heterocycles. The number of rotatable bonds is 4. The molecule has 94 valence electrons. The fourth-order valence-electron chi connectivity index (χ4n) is 1.91. The Bertz CT molecular complexity index is 441. The maximum absolute atomic E-state index is 11.9. The summed E-state index contributed by atoms with van der Waals surface area (Å²) in [6, 6.07) is 5.35. The summed E-state index contributed by atoms with van der Waals surface area (Å²) in [6.07, 6.45) is 3.30. The van der Waals surface area contributed by atoms with Gasteiger partial charge in [0.2, 0.25) is 10.0 Å². The second kappa shape index (κ2) is 5.57. The van der Waals surface area contributed by atoms with Gasteiger partial charge in [-0.25, -0.2) is 13.1 Å². The minimum atomic E-state index is -3.27. The van der Waals surface area contributed by atoms with Crippen LogP contribution in [-0.2, 0) is 15.8 Å². The Morgan fingerprint density at radius 3 is 2.76 bits per heavy atom. The van der Waals surface area contributed by atoms with Crippen molar-refractivity contribution in [1.29, 1.82) is 0 Å². The lowest BCUT2D eigenvalue weighted by Crippen LogP contribution is -2.43. The lowest BCUT2D eigenvalue weighted by atomic mass is 10.1. The molecule has 2 heterocycles. The molecule has 17 heavy (non-hydrogen) atoms. The molecule has 1 aliphatic rings. The van der Waals surface area contributed by atoms with Gasteiger partial charge in [0.15, 0.2) is 0 Å². The Hall–Kier alpha value is -0.980.